The molecule has 0 atom stereocenters. The van der Waals surface area contributed by atoms with Crippen LogP contribution in [0.1, 0.15) is 10.4 Å². The number of hydrogen-bond donors (Lipinski definition) is 1. The first-order valence-corrected chi connectivity index (χ1v) is 6.25. The number of rotatable bonds is 4. The highest BCUT2D eigenvalue weighted by Crippen LogP contribution is 2.28. The van der Waals surface area contributed by atoms with Crippen LogP contribution in [-0.4, -0.2) is 16.6 Å². The van der Waals surface area contributed by atoms with Crippen LogP contribution in [0.5, 0.6) is 5.75 Å². The number of benzene rings is 2. The first-order chi connectivity index (χ1) is 8.27. The number of carbonyl (C=O) groups is 1. The number of carbonyl (C=O) groups excluding carboxylic acids is 1. The Bertz CT molecular complexity index is 509. The fourth-order valence-electron chi connectivity index (χ4n) is 1.43. The largest absolute Gasteiger partial charge is 0.507 e. The third-order valence-corrected chi connectivity index (χ3v) is 3.38. The van der Waals surface area contributed by atoms with Crippen LogP contribution in [-0.2, 0) is 0 Å². The molecule has 2 aromatic rings. The van der Waals surface area contributed by atoms with Crippen LogP contribution in [0, 0.1) is 0 Å². The third-order valence-electron chi connectivity index (χ3n) is 2.32. The summed E-state index contributed by atoms with van der Waals surface area (Å²) in [7, 11) is 0. The maximum atomic E-state index is 11.8. The minimum absolute atomic E-state index is 0.0684. The molecule has 0 fully saturated rings. The molecule has 0 unspecified atom stereocenters. The molecule has 2 aromatic carbocycles. The van der Waals surface area contributed by atoms with Crippen molar-refractivity contribution < 1.29 is 9.90 Å². The summed E-state index contributed by atoms with van der Waals surface area (Å²) >= 11 is 1.35. The second kappa shape index (κ2) is 5.55. The summed E-state index contributed by atoms with van der Waals surface area (Å²) in [5, 5.41) is 9.56. The van der Waals surface area contributed by atoms with Gasteiger partial charge in [-0.15, -0.1) is 11.8 Å². The molecule has 0 aliphatic rings. The van der Waals surface area contributed by atoms with Gasteiger partial charge in [-0.05, 0) is 12.1 Å². The number of phenolic OH excluding ortho intramolecular Hbond substituents is 1. The molecule has 2 nitrogen and oxygen atoms in total. The van der Waals surface area contributed by atoms with Crippen molar-refractivity contribution in [1.82, 2.24) is 0 Å². The van der Waals surface area contributed by atoms with Crippen molar-refractivity contribution in [2.45, 2.75) is 4.90 Å². The lowest BCUT2D eigenvalue weighted by Gasteiger charge is -2.03. The Hall–Kier alpha value is -1.74. The van der Waals surface area contributed by atoms with Gasteiger partial charge in [-0.25, -0.2) is 0 Å². The Labute approximate surface area is 104 Å². The zero-order valence-electron chi connectivity index (χ0n) is 9.17. The van der Waals surface area contributed by atoms with Crippen molar-refractivity contribution in [3.05, 3.63) is 60.2 Å². The number of aromatic hydroxyl groups is 1. The molecule has 0 aliphatic carbocycles. The first-order valence-electron chi connectivity index (χ1n) is 5.26. The van der Waals surface area contributed by atoms with Crippen molar-refractivity contribution in [3.63, 3.8) is 0 Å². The molecule has 0 aliphatic heterocycles. The number of Topliss-reactive ketones (excluding diaryl/α,β-unsaturated/α-hetero) is 1. The summed E-state index contributed by atoms with van der Waals surface area (Å²) in [6.07, 6.45) is 0. The Morgan fingerprint density at radius 3 is 2.35 bits per heavy atom. The second-order valence-corrected chi connectivity index (χ2v) is 4.56. The van der Waals surface area contributed by atoms with Gasteiger partial charge in [0.2, 0.25) is 0 Å². The summed E-state index contributed by atoms with van der Waals surface area (Å²) in [4.78, 5) is 12.6. The van der Waals surface area contributed by atoms with Crippen molar-refractivity contribution in [2.24, 2.45) is 0 Å². The lowest BCUT2D eigenvalue weighted by atomic mass is 10.2. The van der Waals surface area contributed by atoms with E-state index in [1.165, 1.54) is 11.8 Å². The van der Waals surface area contributed by atoms with Gasteiger partial charge < -0.3 is 5.11 Å². The molecule has 0 bridgehead atoms. The Balaban J connectivity index is 2.00. The van der Waals surface area contributed by atoms with Gasteiger partial charge in [0, 0.05) is 10.5 Å². The number of para-hydroxylation sites is 1. The SMILES string of the molecule is O=C(CSc1ccccc1O)c1ccccc1. The molecule has 0 amide bonds. The molecule has 0 heterocycles. The van der Waals surface area contributed by atoms with Gasteiger partial charge in [-0.2, -0.15) is 0 Å². The lowest BCUT2D eigenvalue weighted by molar-refractivity contribution is 0.102. The lowest BCUT2D eigenvalue weighted by Crippen LogP contribution is -2.01. The van der Waals surface area contributed by atoms with E-state index in [4.69, 9.17) is 0 Å². The maximum Gasteiger partial charge on any atom is 0.173 e. The summed E-state index contributed by atoms with van der Waals surface area (Å²) in [6.45, 7) is 0. The van der Waals surface area contributed by atoms with Crippen LogP contribution in [0.15, 0.2) is 59.5 Å². The normalized spacial score (nSPS) is 10.1. The number of hydrogen-bond acceptors (Lipinski definition) is 3. The molecular formula is C14H12O2S. The summed E-state index contributed by atoms with van der Waals surface area (Å²) in [5.74, 6) is 0.624. The molecule has 0 spiro atoms. The Morgan fingerprint density at radius 2 is 1.65 bits per heavy atom. The van der Waals surface area contributed by atoms with Gasteiger partial charge in [0.15, 0.2) is 5.78 Å². The third kappa shape index (κ3) is 3.11. The molecule has 0 radical (unpaired) electrons. The number of ketones is 1. The molecule has 0 saturated heterocycles. The number of phenols is 1. The van der Waals surface area contributed by atoms with E-state index in [0.717, 1.165) is 4.90 Å². The van der Waals surface area contributed by atoms with Gasteiger partial charge in [0.1, 0.15) is 5.75 Å². The van der Waals surface area contributed by atoms with Crippen molar-refractivity contribution >= 4 is 17.5 Å². The van der Waals surface area contributed by atoms with Gasteiger partial charge in [-0.1, -0.05) is 42.5 Å². The van der Waals surface area contributed by atoms with Crippen molar-refractivity contribution in [3.8, 4) is 5.75 Å². The zero-order chi connectivity index (χ0) is 12.1. The summed E-state index contributed by atoms with van der Waals surface area (Å²) < 4.78 is 0. The van der Waals surface area contributed by atoms with Crippen LogP contribution >= 0.6 is 11.8 Å². The predicted octanol–water partition coefficient (Wildman–Crippen LogP) is 3.37. The van der Waals surface area contributed by atoms with Crippen LogP contribution in [0.4, 0.5) is 0 Å². The fourth-order valence-corrected chi connectivity index (χ4v) is 2.27. The highest BCUT2D eigenvalue weighted by Gasteiger charge is 2.07. The first kappa shape index (κ1) is 11.7. The van der Waals surface area contributed by atoms with Crippen LogP contribution in [0.25, 0.3) is 0 Å². The molecule has 86 valence electrons. The smallest absolute Gasteiger partial charge is 0.173 e. The van der Waals surface area contributed by atoms with Gasteiger partial charge in [-0.3, -0.25) is 4.79 Å². The molecule has 0 saturated carbocycles. The maximum absolute atomic E-state index is 11.8. The minimum Gasteiger partial charge on any atom is -0.507 e. The van der Waals surface area contributed by atoms with Gasteiger partial charge in [0.05, 0.1) is 5.75 Å². The van der Waals surface area contributed by atoms with E-state index in [0.29, 0.717) is 11.3 Å². The minimum atomic E-state index is 0.0684. The molecule has 1 N–H and O–H groups in total. The van der Waals surface area contributed by atoms with Crippen molar-refractivity contribution in [1.29, 1.82) is 0 Å². The topological polar surface area (TPSA) is 37.3 Å². The Kier molecular flexibility index (Phi) is 3.83. The standard InChI is InChI=1S/C14H12O2S/c15-12-8-4-5-9-14(12)17-10-13(16)11-6-2-1-3-7-11/h1-9,15H,10H2. The van der Waals surface area contributed by atoms with E-state index < -0.39 is 0 Å². The quantitative estimate of drug-likeness (QED) is 0.662. The van der Waals surface area contributed by atoms with E-state index in [2.05, 4.69) is 0 Å². The summed E-state index contributed by atoms with van der Waals surface area (Å²) in [6, 6.07) is 16.2. The van der Waals surface area contributed by atoms with Crippen molar-refractivity contribution in [2.75, 3.05) is 5.75 Å². The Morgan fingerprint density at radius 1 is 1.00 bits per heavy atom. The number of thioether (sulfide) groups is 1. The van der Waals surface area contributed by atoms with E-state index in [-0.39, 0.29) is 11.5 Å². The summed E-state index contributed by atoms with van der Waals surface area (Å²) in [5.41, 5.74) is 0.704. The monoisotopic (exact) mass is 244 g/mol. The van der Waals surface area contributed by atoms with E-state index >= 15 is 0 Å². The van der Waals surface area contributed by atoms with Crippen LogP contribution in [0.2, 0.25) is 0 Å². The predicted molar refractivity (Wildman–Crippen MR) is 69.6 cm³/mol. The van der Waals surface area contributed by atoms with Crippen LogP contribution < -0.4 is 0 Å². The average Bonchev–Trinajstić information content (AvgIpc) is 2.38. The molecule has 0 aromatic heterocycles. The van der Waals surface area contributed by atoms with Gasteiger partial charge in [0.25, 0.3) is 0 Å². The van der Waals surface area contributed by atoms with E-state index in [1.54, 1.807) is 30.3 Å². The fraction of sp³-hybridized carbons (Fsp3) is 0.0714. The average molecular weight is 244 g/mol. The second-order valence-electron chi connectivity index (χ2n) is 3.55. The van der Waals surface area contributed by atoms with E-state index in [1.807, 2.05) is 24.3 Å². The van der Waals surface area contributed by atoms with Crippen LogP contribution in [0.3, 0.4) is 0 Å². The molecule has 3 heteroatoms. The highest BCUT2D eigenvalue weighted by molar-refractivity contribution is 8.00. The zero-order valence-corrected chi connectivity index (χ0v) is 9.98. The molecule has 2 rings (SSSR count). The highest BCUT2D eigenvalue weighted by atomic mass is 32.2. The van der Waals surface area contributed by atoms with E-state index in [9.17, 15) is 9.90 Å². The molecule has 17 heavy (non-hydrogen) atoms. The molecular weight excluding hydrogens is 232 g/mol. The van der Waals surface area contributed by atoms with Gasteiger partial charge >= 0.3 is 0 Å².